The number of hydrogen-bond donors (Lipinski definition) is 1. The zero-order valence-corrected chi connectivity index (χ0v) is 19.8. The van der Waals surface area contributed by atoms with Crippen molar-refractivity contribution < 1.29 is 9.59 Å². The predicted molar refractivity (Wildman–Crippen MR) is 131 cm³/mol. The number of nitrogens with one attached hydrogen (secondary N) is 1. The first-order valence-corrected chi connectivity index (χ1v) is 11.0. The molecule has 1 aromatic heterocycles. The van der Waals surface area contributed by atoms with Gasteiger partial charge in [-0.05, 0) is 80.2 Å². The zero-order valence-electron chi connectivity index (χ0n) is 16.6. The third kappa shape index (κ3) is 3.96. The number of anilines is 1. The molecule has 0 saturated carbocycles. The number of nitrogens with zero attached hydrogens (tertiary/aromatic N) is 2. The molecule has 2 aromatic carbocycles. The van der Waals surface area contributed by atoms with Crippen LogP contribution in [0, 0.1) is 13.8 Å². The van der Waals surface area contributed by atoms with Gasteiger partial charge in [0, 0.05) is 21.5 Å². The Kier molecular flexibility index (Phi) is 5.83. The van der Waals surface area contributed by atoms with Crippen LogP contribution in [0.4, 0.5) is 5.69 Å². The van der Waals surface area contributed by atoms with E-state index in [1.165, 1.54) is 4.90 Å². The molecule has 0 unspecified atom stereocenters. The van der Waals surface area contributed by atoms with Crippen molar-refractivity contribution in [3.8, 4) is 5.69 Å². The average Bonchev–Trinajstić information content (AvgIpc) is 3.00. The van der Waals surface area contributed by atoms with E-state index in [2.05, 4.69) is 25.8 Å². The molecule has 0 atom stereocenters. The minimum absolute atomic E-state index is 0.000542. The Balaban J connectivity index is 1.77. The molecular weight excluding hydrogens is 498 g/mol. The lowest BCUT2D eigenvalue weighted by atomic mass is 10.1. The molecule has 0 spiro atoms. The van der Waals surface area contributed by atoms with Gasteiger partial charge in [-0.25, -0.2) is 0 Å². The largest absolute Gasteiger partial charge is 0.318 e. The number of carbonyl (C=O) groups is 2. The van der Waals surface area contributed by atoms with Crippen LogP contribution in [0.1, 0.15) is 17.0 Å². The maximum atomic E-state index is 13.3. The number of aromatic nitrogens is 1. The second-order valence-corrected chi connectivity index (χ2v) is 8.76. The molecule has 1 fully saturated rings. The van der Waals surface area contributed by atoms with Crippen molar-refractivity contribution in [1.82, 2.24) is 9.88 Å². The van der Waals surface area contributed by atoms with Gasteiger partial charge in [0.2, 0.25) is 0 Å². The molecule has 2 amide bonds. The molecule has 0 aliphatic carbocycles. The third-order valence-corrected chi connectivity index (χ3v) is 6.18. The van der Waals surface area contributed by atoms with Crippen molar-refractivity contribution in [2.75, 3.05) is 4.90 Å². The van der Waals surface area contributed by atoms with Crippen LogP contribution in [-0.2, 0) is 9.59 Å². The van der Waals surface area contributed by atoms with Crippen molar-refractivity contribution >= 4 is 68.4 Å². The van der Waals surface area contributed by atoms with Gasteiger partial charge in [-0.1, -0.05) is 39.7 Å². The third-order valence-electron chi connectivity index (χ3n) is 5.05. The fourth-order valence-electron chi connectivity index (χ4n) is 3.59. The Bertz CT molecular complexity index is 1260. The van der Waals surface area contributed by atoms with Gasteiger partial charge < -0.3 is 4.57 Å². The lowest BCUT2D eigenvalue weighted by Gasteiger charge is -2.29. The van der Waals surface area contributed by atoms with Gasteiger partial charge in [0.25, 0.3) is 11.8 Å². The summed E-state index contributed by atoms with van der Waals surface area (Å²) in [5.74, 6) is -1.05. The molecule has 5 nitrogen and oxygen atoms in total. The van der Waals surface area contributed by atoms with E-state index in [1.54, 1.807) is 30.3 Å². The number of hydrogen-bond acceptors (Lipinski definition) is 3. The van der Waals surface area contributed by atoms with E-state index in [9.17, 15) is 9.59 Å². The molecule has 1 saturated heterocycles. The molecule has 0 bridgehead atoms. The van der Waals surface area contributed by atoms with Gasteiger partial charge >= 0.3 is 0 Å². The summed E-state index contributed by atoms with van der Waals surface area (Å²) < 4.78 is 3.06. The molecule has 1 aliphatic rings. The van der Waals surface area contributed by atoms with Crippen LogP contribution in [-0.4, -0.2) is 21.5 Å². The number of benzene rings is 2. The zero-order chi connectivity index (χ0) is 22.3. The maximum Gasteiger partial charge on any atom is 0.270 e. The number of rotatable bonds is 3. The first kappa shape index (κ1) is 21.5. The molecule has 0 radical (unpaired) electrons. The van der Waals surface area contributed by atoms with Crippen molar-refractivity contribution in [1.29, 1.82) is 0 Å². The molecular formula is C23H17BrClN3O2S. The molecule has 1 aliphatic heterocycles. The van der Waals surface area contributed by atoms with E-state index < -0.39 is 11.8 Å². The second-order valence-electron chi connectivity index (χ2n) is 7.05. The van der Waals surface area contributed by atoms with E-state index in [0.717, 1.165) is 27.1 Å². The summed E-state index contributed by atoms with van der Waals surface area (Å²) in [5, 5.41) is 2.96. The number of para-hydroxylation sites is 1. The van der Waals surface area contributed by atoms with Crippen molar-refractivity contribution in [3.63, 3.8) is 0 Å². The van der Waals surface area contributed by atoms with E-state index in [-0.39, 0.29) is 10.7 Å². The van der Waals surface area contributed by atoms with Crippen LogP contribution < -0.4 is 10.2 Å². The maximum absolute atomic E-state index is 13.3. The van der Waals surface area contributed by atoms with Crippen LogP contribution in [0.25, 0.3) is 11.8 Å². The van der Waals surface area contributed by atoms with Gasteiger partial charge in [0.15, 0.2) is 5.11 Å². The fourth-order valence-corrected chi connectivity index (χ4v) is 4.34. The van der Waals surface area contributed by atoms with Crippen LogP contribution in [0.5, 0.6) is 0 Å². The molecule has 4 rings (SSSR count). The summed E-state index contributed by atoms with van der Waals surface area (Å²) in [7, 11) is 0. The number of carbonyl (C=O) groups excluding carboxylic acids is 2. The number of halogens is 2. The fraction of sp³-hybridized carbons (Fsp3) is 0.0870. The summed E-state index contributed by atoms with van der Waals surface area (Å²) in [6.07, 6.45) is 1.60. The highest BCUT2D eigenvalue weighted by atomic mass is 79.9. The Morgan fingerprint density at radius 3 is 2.42 bits per heavy atom. The Hall–Kier alpha value is -2.74. The second kappa shape index (κ2) is 8.42. The molecule has 2 heterocycles. The van der Waals surface area contributed by atoms with Crippen LogP contribution in [0.15, 0.2) is 64.6 Å². The topological polar surface area (TPSA) is 54.3 Å². The standard InChI is InChI=1S/C23H17BrClN3O2S/c1-13-11-15(14(2)27(13)17-9-7-16(24)8-10-17)12-18-21(29)26-23(31)28(22(18)30)20-6-4-3-5-19(20)25/h3-12H,1-2H3,(H,26,29,31)/b18-12-. The number of thiocarbonyl (C=S) groups is 1. The van der Waals surface area contributed by atoms with Crippen LogP contribution >= 0.6 is 39.7 Å². The summed E-state index contributed by atoms with van der Waals surface area (Å²) in [6, 6.07) is 16.7. The normalized spacial score (nSPS) is 15.5. The summed E-state index contributed by atoms with van der Waals surface area (Å²) in [5.41, 5.74) is 4.06. The summed E-state index contributed by atoms with van der Waals surface area (Å²) in [6.45, 7) is 3.92. The van der Waals surface area contributed by atoms with Crippen molar-refractivity contribution in [3.05, 3.63) is 86.6 Å². The SMILES string of the molecule is Cc1cc(/C=C2/C(=O)NC(=S)N(c3ccccc3Cl)C2=O)c(C)n1-c1ccc(Br)cc1. The van der Waals surface area contributed by atoms with Crippen molar-refractivity contribution in [2.24, 2.45) is 0 Å². The molecule has 156 valence electrons. The van der Waals surface area contributed by atoms with E-state index in [4.69, 9.17) is 23.8 Å². The lowest BCUT2D eigenvalue weighted by molar-refractivity contribution is -0.122. The molecule has 3 aromatic rings. The Morgan fingerprint density at radius 1 is 1.06 bits per heavy atom. The number of aryl methyl sites for hydroxylation is 1. The Morgan fingerprint density at radius 2 is 1.74 bits per heavy atom. The summed E-state index contributed by atoms with van der Waals surface area (Å²) >= 11 is 15.0. The first-order chi connectivity index (χ1) is 14.8. The van der Waals surface area contributed by atoms with Gasteiger partial charge in [0.05, 0.1) is 10.7 Å². The molecule has 8 heteroatoms. The Labute approximate surface area is 198 Å². The van der Waals surface area contributed by atoms with E-state index in [1.807, 2.05) is 44.2 Å². The molecule has 1 N–H and O–H groups in total. The van der Waals surface area contributed by atoms with Gasteiger partial charge in [-0.2, -0.15) is 0 Å². The monoisotopic (exact) mass is 513 g/mol. The van der Waals surface area contributed by atoms with Crippen molar-refractivity contribution in [2.45, 2.75) is 13.8 Å². The lowest BCUT2D eigenvalue weighted by Crippen LogP contribution is -2.54. The predicted octanol–water partition coefficient (Wildman–Crippen LogP) is 5.34. The quantitative estimate of drug-likeness (QED) is 0.292. The first-order valence-electron chi connectivity index (χ1n) is 9.39. The highest BCUT2D eigenvalue weighted by Gasteiger charge is 2.35. The van der Waals surface area contributed by atoms with Crippen LogP contribution in [0.2, 0.25) is 5.02 Å². The minimum atomic E-state index is -0.535. The van der Waals surface area contributed by atoms with Crippen LogP contribution in [0.3, 0.4) is 0 Å². The highest BCUT2D eigenvalue weighted by molar-refractivity contribution is 9.10. The minimum Gasteiger partial charge on any atom is -0.318 e. The summed E-state index contributed by atoms with van der Waals surface area (Å²) in [4.78, 5) is 27.1. The van der Waals surface area contributed by atoms with Gasteiger partial charge in [-0.15, -0.1) is 0 Å². The highest BCUT2D eigenvalue weighted by Crippen LogP contribution is 2.30. The van der Waals surface area contributed by atoms with Gasteiger partial charge in [0.1, 0.15) is 5.57 Å². The van der Waals surface area contributed by atoms with E-state index in [0.29, 0.717) is 10.7 Å². The molecule has 31 heavy (non-hydrogen) atoms. The van der Waals surface area contributed by atoms with E-state index >= 15 is 0 Å². The number of amides is 2. The average molecular weight is 515 g/mol. The van der Waals surface area contributed by atoms with Gasteiger partial charge in [-0.3, -0.25) is 19.8 Å². The smallest absolute Gasteiger partial charge is 0.270 e.